The number of aliphatic hydroxyl groups excluding tert-OH is 1. The molecule has 0 rings (SSSR count). The van der Waals surface area contributed by atoms with Crippen molar-refractivity contribution in [3.8, 4) is 0 Å². The van der Waals surface area contributed by atoms with E-state index in [1.807, 2.05) is 18.9 Å². The molecule has 0 aliphatic heterocycles. The zero-order valence-corrected chi connectivity index (χ0v) is 12.6. The summed E-state index contributed by atoms with van der Waals surface area (Å²) in [5.74, 6) is -0.408. The van der Waals surface area contributed by atoms with E-state index in [0.29, 0.717) is 52.0 Å². The molecule has 20 heavy (non-hydrogen) atoms. The number of hydrogen-bond donors (Lipinski definition) is 1. The Morgan fingerprint density at radius 3 is 2.05 bits per heavy atom. The highest BCUT2D eigenvalue weighted by atomic mass is 16.5. The summed E-state index contributed by atoms with van der Waals surface area (Å²) in [5, 5.41) is 8.70. The number of aliphatic hydroxyl groups is 1. The van der Waals surface area contributed by atoms with E-state index in [-0.39, 0.29) is 18.5 Å². The van der Waals surface area contributed by atoms with Crippen LogP contribution < -0.4 is 0 Å². The zero-order chi connectivity index (χ0) is 15.2. The van der Waals surface area contributed by atoms with Gasteiger partial charge in [0, 0.05) is 19.5 Å². The summed E-state index contributed by atoms with van der Waals surface area (Å²) in [7, 11) is 1.84. The smallest absolute Gasteiger partial charge is 0.307 e. The molecule has 0 fully saturated rings. The maximum Gasteiger partial charge on any atom is 0.307 e. The highest BCUT2D eigenvalue weighted by Crippen LogP contribution is 1.97. The van der Waals surface area contributed by atoms with Crippen LogP contribution in [0.3, 0.4) is 0 Å². The van der Waals surface area contributed by atoms with Gasteiger partial charge in [-0.2, -0.15) is 0 Å². The van der Waals surface area contributed by atoms with Gasteiger partial charge in [-0.1, -0.05) is 6.92 Å². The maximum absolute atomic E-state index is 11.4. The van der Waals surface area contributed by atoms with Gasteiger partial charge in [-0.15, -0.1) is 0 Å². The van der Waals surface area contributed by atoms with Crippen molar-refractivity contribution < 1.29 is 24.2 Å². The van der Waals surface area contributed by atoms with Crippen LogP contribution in [0.4, 0.5) is 0 Å². The van der Waals surface area contributed by atoms with E-state index in [4.69, 9.17) is 14.6 Å². The second-order valence-corrected chi connectivity index (χ2v) is 4.67. The molecule has 6 heteroatoms. The lowest BCUT2D eigenvalue weighted by atomic mass is 10.3. The molecule has 0 aliphatic carbocycles. The molecule has 0 aromatic rings. The molecule has 0 aromatic heterocycles. The standard InChI is InChI=1S/C14H27NO5/c1-3-6-13(17)19-11-4-5-12-20-14(18)7-8-15(2)9-10-16/h16H,3-12H2,1-2H3. The first-order valence-electron chi connectivity index (χ1n) is 7.20. The van der Waals surface area contributed by atoms with E-state index in [9.17, 15) is 9.59 Å². The molecule has 0 radical (unpaired) electrons. The number of rotatable bonds is 12. The van der Waals surface area contributed by atoms with Gasteiger partial charge < -0.3 is 19.5 Å². The first-order chi connectivity index (χ1) is 9.60. The Morgan fingerprint density at radius 1 is 1.00 bits per heavy atom. The molecule has 0 bridgehead atoms. The monoisotopic (exact) mass is 289 g/mol. The molecule has 118 valence electrons. The van der Waals surface area contributed by atoms with Crippen LogP contribution >= 0.6 is 0 Å². The quantitative estimate of drug-likeness (QED) is 0.426. The summed E-state index contributed by atoms with van der Waals surface area (Å²) in [5.41, 5.74) is 0. The minimum atomic E-state index is -0.238. The van der Waals surface area contributed by atoms with Crippen molar-refractivity contribution >= 4 is 11.9 Å². The van der Waals surface area contributed by atoms with Gasteiger partial charge in [-0.05, 0) is 26.3 Å². The molecule has 1 N–H and O–H groups in total. The van der Waals surface area contributed by atoms with Gasteiger partial charge in [0.15, 0.2) is 0 Å². The van der Waals surface area contributed by atoms with Crippen molar-refractivity contribution in [2.45, 2.75) is 39.0 Å². The second-order valence-electron chi connectivity index (χ2n) is 4.67. The van der Waals surface area contributed by atoms with E-state index < -0.39 is 0 Å². The van der Waals surface area contributed by atoms with E-state index in [1.165, 1.54) is 0 Å². The number of hydrogen-bond acceptors (Lipinski definition) is 6. The number of nitrogens with zero attached hydrogens (tertiary/aromatic N) is 1. The van der Waals surface area contributed by atoms with E-state index in [1.54, 1.807) is 0 Å². The highest BCUT2D eigenvalue weighted by molar-refractivity contribution is 5.69. The molecule has 0 saturated heterocycles. The predicted molar refractivity (Wildman–Crippen MR) is 75.3 cm³/mol. The zero-order valence-electron chi connectivity index (χ0n) is 12.6. The Bertz CT molecular complexity index is 270. The predicted octanol–water partition coefficient (Wildman–Crippen LogP) is 0.967. The molecule has 6 nitrogen and oxygen atoms in total. The molecule has 0 unspecified atom stereocenters. The van der Waals surface area contributed by atoms with E-state index >= 15 is 0 Å². The van der Waals surface area contributed by atoms with Crippen molar-refractivity contribution in [2.24, 2.45) is 0 Å². The second kappa shape index (κ2) is 12.9. The fourth-order valence-electron chi connectivity index (χ4n) is 1.49. The van der Waals surface area contributed by atoms with Crippen molar-refractivity contribution in [1.29, 1.82) is 0 Å². The largest absolute Gasteiger partial charge is 0.466 e. The van der Waals surface area contributed by atoms with E-state index in [0.717, 1.165) is 6.42 Å². The first-order valence-corrected chi connectivity index (χ1v) is 7.20. The Kier molecular flexibility index (Phi) is 12.1. The maximum atomic E-state index is 11.4. The van der Waals surface area contributed by atoms with Gasteiger partial charge in [-0.3, -0.25) is 9.59 Å². The number of likely N-dealkylation sites (N-methyl/N-ethyl adjacent to an activating group) is 1. The summed E-state index contributed by atoms with van der Waals surface area (Å²) in [6, 6.07) is 0. The minimum Gasteiger partial charge on any atom is -0.466 e. The number of ether oxygens (including phenoxy) is 2. The van der Waals surface area contributed by atoms with Crippen molar-refractivity contribution in [3.05, 3.63) is 0 Å². The number of unbranched alkanes of at least 4 members (excludes halogenated alkanes) is 1. The summed E-state index contributed by atoms with van der Waals surface area (Å²) in [6.07, 6.45) is 2.96. The van der Waals surface area contributed by atoms with Crippen molar-refractivity contribution in [1.82, 2.24) is 4.90 Å². The number of carbonyl (C=O) groups is 2. The van der Waals surface area contributed by atoms with Crippen LogP contribution in [-0.4, -0.2) is 61.9 Å². The van der Waals surface area contributed by atoms with Gasteiger partial charge >= 0.3 is 11.9 Å². The summed E-state index contributed by atoms with van der Waals surface area (Å²) in [6.45, 7) is 3.88. The van der Waals surface area contributed by atoms with Crippen LogP contribution in [0.5, 0.6) is 0 Å². The van der Waals surface area contributed by atoms with E-state index in [2.05, 4.69) is 0 Å². The van der Waals surface area contributed by atoms with Crippen LogP contribution in [0.15, 0.2) is 0 Å². The third kappa shape index (κ3) is 11.9. The number of carbonyl (C=O) groups excluding carboxylic acids is 2. The Morgan fingerprint density at radius 2 is 1.55 bits per heavy atom. The minimum absolute atomic E-state index is 0.0856. The highest BCUT2D eigenvalue weighted by Gasteiger charge is 2.05. The molecule has 0 heterocycles. The molecule has 0 saturated carbocycles. The molecule has 0 spiro atoms. The fraction of sp³-hybridized carbons (Fsp3) is 0.857. The first kappa shape index (κ1) is 18.9. The Labute approximate surface area is 121 Å². The lowest BCUT2D eigenvalue weighted by Gasteiger charge is -2.14. The Hall–Kier alpha value is -1.14. The van der Waals surface area contributed by atoms with Crippen LogP contribution in [0.1, 0.15) is 39.0 Å². The average Bonchev–Trinajstić information content (AvgIpc) is 2.41. The van der Waals surface area contributed by atoms with Gasteiger partial charge in [0.05, 0.1) is 26.2 Å². The summed E-state index contributed by atoms with van der Waals surface area (Å²) < 4.78 is 10.0. The topological polar surface area (TPSA) is 76.1 Å². The fourth-order valence-corrected chi connectivity index (χ4v) is 1.49. The van der Waals surface area contributed by atoms with Crippen LogP contribution in [-0.2, 0) is 19.1 Å². The van der Waals surface area contributed by atoms with Gasteiger partial charge in [-0.25, -0.2) is 0 Å². The molecular weight excluding hydrogens is 262 g/mol. The van der Waals surface area contributed by atoms with Crippen molar-refractivity contribution in [3.63, 3.8) is 0 Å². The third-order valence-corrected chi connectivity index (χ3v) is 2.70. The van der Waals surface area contributed by atoms with Crippen LogP contribution in [0.2, 0.25) is 0 Å². The third-order valence-electron chi connectivity index (χ3n) is 2.70. The lowest BCUT2D eigenvalue weighted by Crippen LogP contribution is -2.25. The molecule has 0 amide bonds. The summed E-state index contributed by atoms with van der Waals surface area (Å²) >= 11 is 0. The lowest BCUT2D eigenvalue weighted by molar-refractivity contribution is -0.146. The SMILES string of the molecule is CCCC(=O)OCCCCOC(=O)CCN(C)CCO. The van der Waals surface area contributed by atoms with Gasteiger partial charge in [0.25, 0.3) is 0 Å². The van der Waals surface area contributed by atoms with Crippen molar-refractivity contribution in [2.75, 3.05) is 40.0 Å². The Balaban J connectivity index is 3.37. The molecule has 0 aromatic carbocycles. The van der Waals surface area contributed by atoms with Crippen LogP contribution in [0, 0.1) is 0 Å². The molecule has 0 aliphatic rings. The van der Waals surface area contributed by atoms with Gasteiger partial charge in [0.2, 0.25) is 0 Å². The summed E-state index contributed by atoms with van der Waals surface area (Å²) in [4.78, 5) is 24.3. The number of esters is 2. The van der Waals surface area contributed by atoms with Gasteiger partial charge in [0.1, 0.15) is 0 Å². The van der Waals surface area contributed by atoms with Crippen LogP contribution in [0.25, 0.3) is 0 Å². The molecular formula is C14H27NO5. The normalized spacial score (nSPS) is 10.6. The molecule has 0 atom stereocenters. The average molecular weight is 289 g/mol.